The summed E-state index contributed by atoms with van der Waals surface area (Å²) in [6.07, 6.45) is 4.58. The first-order valence-electron chi connectivity index (χ1n) is 7.73. The van der Waals surface area contributed by atoms with Gasteiger partial charge in [-0.25, -0.2) is 0 Å². The maximum Gasteiger partial charge on any atom is 0.269 e. The first kappa shape index (κ1) is 18.7. The van der Waals surface area contributed by atoms with Crippen LogP contribution in [0, 0.1) is 10.1 Å². The quantitative estimate of drug-likeness (QED) is 0.340. The molecular formula is C19H17N2O5-. The second-order valence-electron chi connectivity index (χ2n) is 5.27. The molecule has 0 aliphatic rings. The Morgan fingerprint density at radius 3 is 2.62 bits per heavy atom. The molecule has 0 spiro atoms. The highest BCUT2D eigenvalue weighted by Crippen LogP contribution is 2.20. The highest BCUT2D eigenvalue weighted by atomic mass is 16.6. The van der Waals surface area contributed by atoms with E-state index in [2.05, 4.69) is 11.9 Å². The summed E-state index contributed by atoms with van der Waals surface area (Å²) in [6, 6.07) is 10.5. The molecule has 2 aromatic carbocycles. The summed E-state index contributed by atoms with van der Waals surface area (Å²) in [7, 11) is 0. The van der Waals surface area contributed by atoms with Gasteiger partial charge in [0, 0.05) is 24.8 Å². The van der Waals surface area contributed by atoms with E-state index in [1.54, 1.807) is 36.4 Å². The molecule has 0 radical (unpaired) electrons. The second-order valence-corrected chi connectivity index (χ2v) is 5.27. The largest absolute Gasteiger partial charge is 0.872 e. The number of carbonyl (C=O) groups excluding carboxylic acids is 1. The predicted octanol–water partition coefficient (Wildman–Crippen LogP) is 2.56. The zero-order valence-electron chi connectivity index (χ0n) is 13.9. The van der Waals surface area contributed by atoms with Gasteiger partial charge >= 0.3 is 0 Å². The van der Waals surface area contributed by atoms with E-state index in [1.807, 2.05) is 0 Å². The first-order valence-corrected chi connectivity index (χ1v) is 7.73. The van der Waals surface area contributed by atoms with Crippen LogP contribution in [0.15, 0.2) is 61.2 Å². The third-order valence-corrected chi connectivity index (χ3v) is 3.38. The van der Waals surface area contributed by atoms with Crippen LogP contribution in [0.1, 0.15) is 11.1 Å². The van der Waals surface area contributed by atoms with Crippen molar-refractivity contribution in [1.82, 2.24) is 5.32 Å². The van der Waals surface area contributed by atoms with Crippen LogP contribution < -0.4 is 15.2 Å². The lowest BCUT2D eigenvalue weighted by molar-refractivity contribution is -0.385. The number of benzene rings is 2. The van der Waals surface area contributed by atoms with Gasteiger partial charge in [0.2, 0.25) is 5.91 Å². The number of ether oxygens (including phenoxy) is 1. The lowest BCUT2D eigenvalue weighted by Crippen LogP contribution is -2.21. The fourth-order valence-electron chi connectivity index (χ4n) is 2.06. The minimum absolute atomic E-state index is 0.0853. The summed E-state index contributed by atoms with van der Waals surface area (Å²) >= 11 is 0. The number of non-ortho nitro benzene ring substituents is 1. The zero-order chi connectivity index (χ0) is 18.9. The number of nitro benzene ring substituents is 1. The molecule has 7 nitrogen and oxygen atoms in total. The van der Waals surface area contributed by atoms with Gasteiger partial charge in [0.15, 0.2) is 0 Å². The highest BCUT2D eigenvalue weighted by molar-refractivity contribution is 5.91. The molecule has 2 rings (SSSR count). The van der Waals surface area contributed by atoms with Crippen molar-refractivity contribution in [3.63, 3.8) is 0 Å². The third kappa shape index (κ3) is 5.48. The van der Waals surface area contributed by atoms with Crippen LogP contribution in [0.3, 0.4) is 0 Å². The lowest BCUT2D eigenvalue weighted by Gasteiger charge is -2.12. The second kappa shape index (κ2) is 9.03. The molecular weight excluding hydrogens is 336 g/mol. The van der Waals surface area contributed by atoms with Gasteiger partial charge in [-0.3, -0.25) is 14.9 Å². The molecule has 0 aliphatic carbocycles. The Morgan fingerprint density at radius 2 is 1.96 bits per heavy atom. The molecule has 0 aliphatic heterocycles. The molecule has 0 bridgehead atoms. The Bertz CT molecular complexity index is 828. The molecule has 0 saturated carbocycles. The van der Waals surface area contributed by atoms with Crippen molar-refractivity contribution in [2.75, 3.05) is 6.61 Å². The number of nitro groups is 1. The standard InChI is InChI=1S/C19H18N2O5/c1-2-11-26-17-7-3-14(4-8-17)5-10-19(23)20-13-15-12-16(21(24)25)6-9-18(15)22/h2-10,12,22H,1,11,13H2,(H,20,23)/p-1/b10-5+. The monoisotopic (exact) mass is 353 g/mol. The molecule has 134 valence electrons. The van der Waals surface area contributed by atoms with Crippen molar-refractivity contribution in [3.8, 4) is 11.5 Å². The molecule has 0 fully saturated rings. The summed E-state index contributed by atoms with van der Waals surface area (Å²) in [4.78, 5) is 22.0. The Labute approximate surface area is 150 Å². The smallest absolute Gasteiger partial charge is 0.269 e. The number of hydrogen-bond acceptors (Lipinski definition) is 5. The normalized spacial score (nSPS) is 10.5. The van der Waals surface area contributed by atoms with Crippen LogP contribution in [-0.4, -0.2) is 17.4 Å². The fraction of sp³-hybridized carbons (Fsp3) is 0.105. The number of rotatable bonds is 8. The van der Waals surface area contributed by atoms with E-state index in [4.69, 9.17) is 4.74 Å². The predicted molar refractivity (Wildman–Crippen MR) is 95.6 cm³/mol. The maximum absolute atomic E-state index is 11.9. The van der Waals surface area contributed by atoms with Crippen molar-refractivity contribution in [2.24, 2.45) is 0 Å². The molecule has 0 heterocycles. The average molecular weight is 353 g/mol. The summed E-state index contributed by atoms with van der Waals surface area (Å²) in [5.41, 5.74) is 0.763. The van der Waals surface area contributed by atoms with Crippen LogP contribution in [0.25, 0.3) is 6.08 Å². The van der Waals surface area contributed by atoms with E-state index in [1.165, 1.54) is 6.08 Å². The van der Waals surface area contributed by atoms with Gasteiger partial charge in [0.05, 0.1) is 4.92 Å². The fourth-order valence-corrected chi connectivity index (χ4v) is 2.06. The topological polar surface area (TPSA) is 105 Å². The van der Waals surface area contributed by atoms with E-state index in [0.29, 0.717) is 12.4 Å². The highest BCUT2D eigenvalue weighted by Gasteiger charge is 2.07. The molecule has 2 aromatic rings. The van der Waals surface area contributed by atoms with Crippen molar-refractivity contribution < 1.29 is 19.6 Å². The molecule has 1 amide bonds. The third-order valence-electron chi connectivity index (χ3n) is 3.38. The van der Waals surface area contributed by atoms with Crippen molar-refractivity contribution in [3.05, 3.63) is 82.4 Å². The molecule has 0 aromatic heterocycles. The van der Waals surface area contributed by atoms with Gasteiger partial charge in [-0.1, -0.05) is 30.9 Å². The SMILES string of the molecule is C=CCOc1ccc(/C=C/C(=O)NCc2cc([N+](=O)[O-])ccc2[O-])cc1. The molecule has 0 unspecified atom stereocenters. The lowest BCUT2D eigenvalue weighted by atomic mass is 10.1. The number of hydrogen-bond donors (Lipinski definition) is 1. The van der Waals surface area contributed by atoms with Crippen molar-refractivity contribution in [1.29, 1.82) is 0 Å². The molecule has 26 heavy (non-hydrogen) atoms. The summed E-state index contributed by atoms with van der Waals surface area (Å²) in [5, 5.41) is 24.9. The summed E-state index contributed by atoms with van der Waals surface area (Å²) in [5.74, 6) is -0.0852. The Morgan fingerprint density at radius 1 is 1.23 bits per heavy atom. The summed E-state index contributed by atoms with van der Waals surface area (Å²) < 4.78 is 5.36. The number of nitrogens with one attached hydrogen (secondary N) is 1. The van der Waals surface area contributed by atoms with Crippen LogP contribution in [0.2, 0.25) is 0 Å². The van der Waals surface area contributed by atoms with Gasteiger partial charge in [-0.2, -0.15) is 0 Å². The van der Waals surface area contributed by atoms with E-state index >= 15 is 0 Å². The van der Waals surface area contributed by atoms with Crippen LogP contribution in [-0.2, 0) is 11.3 Å². The Hall–Kier alpha value is -3.61. The molecule has 0 atom stereocenters. The molecule has 1 N–H and O–H groups in total. The average Bonchev–Trinajstić information content (AvgIpc) is 2.64. The number of amides is 1. The Kier molecular flexibility index (Phi) is 6.50. The van der Waals surface area contributed by atoms with Gasteiger partial charge in [0.25, 0.3) is 5.69 Å². The van der Waals surface area contributed by atoms with E-state index < -0.39 is 10.8 Å². The minimum atomic E-state index is -0.590. The van der Waals surface area contributed by atoms with Crippen LogP contribution in [0.4, 0.5) is 5.69 Å². The Balaban J connectivity index is 1.92. The van der Waals surface area contributed by atoms with Crippen LogP contribution in [0.5, 0.6) is 11.5 Å². The maximum atomic E-state index is 11.9. The van der Waals surface area contributed by atoms with Crippen molar-refractivity contribution in [2.45, 2.75) is 6.54 Å². The van der Waals surface area contributed by atoms with Gasteiger partial charge in [0.1, 0.15) is 12.4 Å². The van der Waals surface area contributed by atoms with E-state index in [-0.39, 0.29) is 23.5 Å². The summed E-state index contributed by atoms with van der Waals surface area (Å²) in [6.45, 7) is 3.90. The first-order chi connectivity index (χ1) is 12.5. The van der Waals surface area contributed by atoms with E-state index in [9.17, 15) is 20.0 Å². The van der Waals surface area contributed by atoms with Gasteiger partial charge in [-0.05, 0) is 29.3 Å². The van der Waals surface area contributed by atoms with E-state index in [0.717, 1.165) is 23.8 Å². The number of carbonyl (C=O) groups is 1. The minimum Gasteiger partial charge on any atom is -0.872 e. The molecule has 0 saturated heterocycles. The molecule has 7 heteroatoms. The van der Waals surface area contributed by atoms with Crippen LogP contribution >= 0.6 is 0 Å². The number of nitrogens with zero attached hydrogens (tertiary/aromatic N) is 1. The van der Waals surface area contributed by atoms with Gasteiger partial charge in [-0.15, -0.1) is 5.75 Å². The van der Waals surface area contributed by atoms with Gasteiger partial charge < -0.3 is 15.2 Å². The van der Waals surface area contributed by atoms with Crippen molar-refractivity contribution >= 4 is 17.7 Å². The zero-order valence-corrected chi connectivity index (χ0v) is 13.9.